The quantitative estimate of drug-likeness (QED) is 0.254. The second-order valence-electron chi connectivity index (χ2n) is 8.76. The number of imidazole rings is 1. The Bertz CT molecular complexity index is 2060. The molecule has 0 atom stereocenters. The first-order chi connectivity index (χ1) is 16.9. The summed E-state index contributed by atoms with van der Waals surface area (Å²) in [4.78, 5) is 9.50. The van der Waals surface area contributed by atoms with Crippen LogP contribution >= 0.6 is 0 Å². The molecule has 0 aliphatic heterocycles. The third-order valence-electron chi connectivity index (χ3n) is 6.96. The summed E-state index contributed by atoms with van der Waals surface area (Å²) in [7, 11) is 0. The number of aromatic nitrogens is 4. The normalized spacial score (nSPS) is 12.1. The van der Waals surface area contributed by atoms with Gasteiger partial charge in [0.2, 0.25) is 0 Å². The van der Waals surface area contributed by atoms with Crippen LogP contribution in [-0.4, -0.2) is 18.9 Å². The molecule has 8 aromatic rings. The minimum absolute atomic E-state index is 0.970. The molecule has 4 nitrogen and oxygen atoms in total. The maximum atomic E-state index is 5.02. The summed E-state index contributed by atoms with van der Waals surface area (Å²) in [6, 6.07) is 34.3. The van der Waals surface area contributed by atoms with Gasteiger partial charge in [0.25, 0.3) is 0 Å². The molecule has 0 aliphatic rings. The number of pyridine rings is 2. The van der Waals surface area contributed by atoms with Gasteiger partial charge in [-0.05, 0) is 48.5 Å². The maximum Gasteiger partial charge on any atom is 0.146 e. The average Bonchev–Trinajstić information content (AvgIpc) is 3.44. The van der Waals surface area contributed by atoms with Crippen LogP contribution in [0.2, 0.25) is 0 Å². The second-order valence-corrected chi connectivity index (χ2v) is 8.76. The number of fused-ring (bicyclic) bond motifs is 11. The van der Waals surface area contributed by atoms with Gasteiger partial charge in [0.05, 0.1) is 27.6 Å². The van der Waals surface area contributed by atoms with Crippen molar-refractivity contribution in [3.8, 4) is 5.69 Å². The summed E-state index contributed by atoms with van der Waals surface area (Å²) in [5.74, 6) is 0. The number of hydrogen-bond donors (Lipinski definition) is 0. The zero-order chi connectivity index (χ0) is 22.2. The molecule has 34 heavy (non-hydrogen) atoms. The maximum absolute atomic E-state index is 5.02. The number of nitrogens with zero attached hydrogens (tertiary/aromatic N) is 4. The van der Waals surface area contributed by atoms with E-state index < -0.39 is 0 Å². The average molecular weight is 435 g/mol. The molecular formula is C30H18N4. The molecule has 0 amide bonds. The van der Waals surface area contributed by atoms with Crippen molar-refractivity contribution in [1.29, 1.82) is 0 Å². The lowest BCUT2D eigenvalue weighted by Gasteiger charge is -2.11. The highest BCUT2D eigenvalue weighted by Gasteiger charge is 2.18. The van der Waals surface area contributed by atoms with Crippen molar-refractivity contribution in [1.82, 2.24) is 18.9 Å². The van der Waals surface area contributed by atoms with Crippen molar-refractivity contribution in [2.45, 2.75) is 0 Å². The van der Waals surface area contributed by atoms with E-state index in [1.807, 2.05) is 18.5 Å². The molecule has 0 unspecified atom stereocenters. The van der Waals surface area contributed by atoms with Crippen molar-refractivity contribution in [3.63, 3.8) is 0 Å². The molecule has 8 rings (SSSR count). The van der Waals surface area contributed by atoms with Crippen LogP contribution in [0.15, 0.2) is 109 Å². The molecule has 158 valence electrons. The lowest BCUT2D eigenvalue weighted by molar-refractivity contribution is 1.18. The highest BCUT2D eigenvalue weighted by Crippen LogP contribution is 2.38. The monoisotopic (exact) mass is 434 g/mol. The minimum atomic E-state index is 0.970. The van der Waals surface area contributed by atoms with Crippen molar-refractivity contribution in [2.24, 2.45) is 0 Å². The van der Waals surface area contributed by atoms with Crippen LogP contribution in [0.25, 0.3) is 65.8 Å². The topological polar surface area (TPSA) is 35.1 Å². The molecule has 0 bridgehead atoms. The highest BCUT2D eigenvalue weighted by molar-refractivity contribution is 6.20. The largest absolute Gasteiger partial charge is 0.309 e. The fourth-order valence-corrected chi connectivity index (χ4v) is 5.51. The first-order valence-electron chi connectivity index (χ1n) is 11.4. The van der Waals surface area contributed by atoms with Gasteiger partial charge in [-0.15, -0.1) is 0 Å². The minimum Gasteiger partial charge on any atom is -0.309 e. The number of rotatable bonds is 1. The standard InChI is InChI=1S/C30H18N4/c1-2-8-19(9-3-1)33-26-12-6-4-10-20(26)22-16-29-23(17-28(22)33)24-18-31-15-14-21(24)30-32-25-11-5-7-13-27(25)34(29)30/h1-18H. The summed E-state index contributed by atoms with van der Waals surface area (Å²) in [5, 5.41) is 5.88. The van der Waals surface area contributed by atoms with Crippen LogP contribution in [0.3, 0.4) is 0 Å². The number of hydrogen-bond acceptors (Lipinski definition) is 2. The molecule has 0 radical (unpaired) electrons. The first kappa shape index (κ1) is 17.8. The van der Waals surface area contributed by atoms with E-state index in [9.17, 15) is 0 Å². The highest BCUT2D eigenvalue weighted by atomic mass is 15.0. The van der Waals surface area contributed by atoms with Gasteiger partial charge in [0, 0.05) is 45.0 Å². The lowest BCUT2D eigenvalue weighted by atomic mass is 10.0. The Morgan fingerprint density at radius 3 is 2.18 bits per heavy atom. The summed E-state index contributed by atoms with van der Waals surface area (Å²) >= 11 is 0. The lowest BCUT2D eigenvalue weighted by Crippen LogP contribution is -1.95. The van der Waals surface area contributed by atoms with Gasteiger partial charge in [-0.2, -0.15) is 0 Å². The van der Waals surface area contributed by atoms with Gasteiger partial charge in [-0.25, -0.2) is 4.98 Å². The summed E-state index contributed by atoms with van der Waals surface area (Å²) in [6.07, 6.45) is 3.82. The van der Waals surface area contributed by atoms with Crippen LogP contribution in [0.4, 0.5) is 0 Å². The zero-order valence-corrected chi connectivity index (χ0v) is 18.2. The molecule has 0 spiro atoms. The van der Waals surface area contributed by atoms with Crippen LogP contribution in [0.1, 0.15) is 0 Å². The van der Waals surface area contributed by atoms with E-state index in [0.717, 1.165) is 38.7 Å². The van der Waals surface area contributed by atoms with E-state index in [0.29, 0.717) is 0 Å². The fourth-order valence-electron chi connectivity index (χ4n) is 5.51. The van der Waals surface area contributed by atoms with Crippen molar-refractivity contribution < 1.29 is 0 Å². The van der Waals surface area contributed by atoms with Crippen molar-refractivity contribution >= 4 is 60.2 Å². The van der Waals surface area contributed by atoms with Crippen molar-refractivity contribution in [3.05, 3.63) is 109 Å². The molecule has 4 aromatic heterocycles. The molecule has 4 heteroatoms. The zero-order valence-electron chi connectivity index (χ0n) is 18.2. The molecule has 4 aromatic carbocycles. The summed E-state index contributed by atoms with van der Waals surface area (Å²) < 4.78 is 4.67. The predicted octanol–water partition coefficient (Wildman–Crippen LogP) is 7.29. The third-order valence-corrected chi connectivity index (χ3v) is 6.96. The van der Waals surface area contributed by atoms with Gasteiger partial charge in [-0.3, -0.25) is 9.38 Å². The number of benzene rings is 4. The van der Waals surface area contributed by atoms with Gasteiger partial charge in [0.1, 0.15) is 5.65 Å². The Morgan fingerprint density at radius 2 is 1.26 bits per heavy atom. The van der Waals surface area contributed by atoms with E-state index in [4.69, 9.17) is 4.98 Å². The molecule has 0 saturated heterocycles. The molecule has 0 saturated carbocycles. The Balaban J connectivity index is 1.68. The van der Waals surface area contributed by atoms with Gasteiger partial charge < -0.3 is 4.57 Å². The Labute approximate surface area is 194 Å². The molecule has 0 aliphatic carbocycles. The van der Waals surface area contributed by atoms with E-state index >= 15 is 0 Å². The van der Waals surface area contributed by atoms with Crippen LogP contribution < -0.4 is 0 Å². The molecular weight excluding hydrogens is 416 g/mol. The predicted molar refractivity (Wildman–Crippen MR) is 140 cm³/mol. The van der Waals surface area contributed by atoms with Crippen LogP contribution in [0, 0.1) is 0 Å². The van der Waals surface area contributed by atoms with E-state index in [-0.39, 0.29) is 0 Å². The molecule has 0 N–H and O–H groups in total. The van der Waals surface area contributed by atoms with E-state index in [1.54, 1.807) is 0 Å². The van der Waals surface area contributed by atoms with Crippen LogP contribution in [-0.2, 0) is 0 Å². The molecule has 0 fully saturated rings. The fraction of sp³-hybridized carbons (Fsp3) is 0. The van der Waals surface area contributed by atoms with Gasteiger partial charge in [0.15, 0.2) is 0 Å². The Kier molecular flexibility index (Phi) is 3.36. The first-order valence-corrected chi connectivity index (χ1v) is 11.4. The number of para-hydroxylation sites is 4. The SMILES string of the molecule is c1ccc(-n2c3ccccc3c3cc4c(cc32)c2cnccc2c2nc3ccccc3n42)cc1. The van der Waals surface area contributed by atoms with Gasteiger partial charge in [-0.1, -0.05) is 48.5 Å². The van der Waals surface area contributed by atoms with Crippen LogP contribution in [0.5, 0.6) is 0 Å². The van der Waals surface area contributed by atoms with Crippen molar-refractivity contribution in [2.75, 3.05) is 0 Å². The third kappa shape index (κ3) is 2.22. The summed E-state index contributed by atoms with van der Waals surface area (Å²) in [5.41, 5.74) is 7.78. The Hall–Kier alpha value is -4.70. The smallest absolute Gasteiger partial charge is 0.146 e. The Morgan fingerprint density at radius 1 is 0.529 bits per heavy atom. The molecule has 4 heterocycles. The van der Waals surface area contributed by atoms with E-state index in [1.165, 1.54) is 27.2 Å². The summed E-state index contributed by atoms with van der Waals surface area (Å²) in [6.45, 7) is 0. The van der Waals surface area contributed by atoms with Gasteiger partial charge >= 0.3 is 0 Å². The second kappa shape index (κ2) is 6.42. The van der Waals surface area contributed by atoms with E-state index in [2.05, 4.69) is 105 Å².